The smallest absolute Gasteiger partial charge is 0.232 e. The van der Waals surface area contributed by atoms with Gasteiger partial charge in [0, 0.05) is 13.1 Å². The van der Waals surface area contributed by atoms with Crippen molar-refractivity contribution in [2.75, 3.05) is 25.1 Å². The van der Waals surface area contributed by atoms with E-state index in [1.807, 2.05) is 0 Å². The van der Waals surface area contributed by atoms with Crippen molar-refractivity contribution in [3.8, 4) is 5.88 Å². The fraction of sp³-hybridized carbons (Fsp3) is 0.692. The summed E-state index contributed by atoms with van der Waals surface area (Å²) >= 11 is 3.38. The molecule has 0 amide bonds. The van der Waals surface area contributed by atoms with Gasteiger partial charge in [-0.15, -0.1) is 0 Å². The summed E-state index contributed by atoms with van der Waals surface area (Å²) in [5.74, 6) is 1.37. The number of halogens is 1. The summed E-state index contributed by atoms with van der Waals surface area (Å²) in [6, 6.07) is 0. The molecule has 0 aliphatic carbocycles. The summed E-state index contributed by atoms with van der Waals surface area (Å²) in [5.41, 5.74) is 0.425. The lowest BCUT2D eigenvalue weighted by atomic mass is 9.85. The summed E-state index contributed by atoms with van der Waals surface area (Å²) < 4.78 is 6.02. The number of nitrogens with zero attached hydrogens (tertiary/aromatic N) is 3. The Labute approximate surface area is 117 Å². The van der Waals surface area contributed by atoms with E-state index in [9.17, 15) is 0 Å². The van der Waals surface area contributed by atoms with E-state index in [1.165, 1.54) is 19.3 Å². The summed E-state index contributed by atoms with van der Waals surface area (Å²) in [4.78, 5) is 11.1. The zero-order chi connectivity index (χ0) is 13.2. The van der Waals surface area contributed by atoms with Gasteiger partial charge in [0.05, 0.1) is 17.8 Å². The molecule has 18 heavy (non-hydrogen) atoms. The van der Waals surface area contributed by atoms with Crippen molar-refractivity contribution in [3.05, 3.63) is 10.7 Å². The maximum absolute atomic E-state index is 5.22. The van der Waals surface area contributed by atoms with Crippen molar-refractivity contribution in [1.82, 2.24) is 9.97 Å². The van der Waals surface area contributed by atoms with Crippen LogP contribution in [-0.4, -0.2) is 30.2 Å². The Morgan fingerprint density at radius 3 is 2.83 bits per heavy atom. The van der Waals surface area contributed by atoms with E-state index >= 15 is 0 Å². The zero-order valence-electron chi connectivity index (χ0n) is 11.2. The van der Waals surface area contributed by atoms with Gasteiger partial charge in [-0.3, -0.25) is 0 Å². The van der Waals surface area contributed by atoms with Gasteiger partial charge in [-0.25, -0.2) is 4.98 Å². The van der Waals surface area contributed by atoms with Crippen LogP contribution in [0, 0.1) is 5.41 Å². The van der Waals surface area contributed by atoms with Gasteiger partial charge in [0.1, 0.15) is 0 Å². The van der Waals surface area contributed by atoms with Crippen LogP contribution in [0.2, 0.25) is 0 Å². The molecular weight excluding hydrogens is 294 g/mol. The molecule has 1 aliphatic rings. The standard InChI is InChI=1S/C13H20BrN3O/c1-13(2)5-4-7-17(8-6-13)12-15-9-10(14)11(16-12)18-3/h9H,4-8H2,1-3H3. The molecule has 5 heteroatoms. The predicted octanol–water partition coefficient (Wildman–Crippen LogP) is 3.26. The first-order valence-electron chi connectivity index (χ1n) is 6.33. The average molecular weight is 314 g/mol. The first-order valence-corrected chi connectivity index (χ1v) is 7.13. The molecule has 0 bridgehead atoms. The number of rotatable bonds is 2. The highest BCUT2D eigenvalue weighted by Crippen LogP contribution is 2.31. The van der Waals surface area contributed by atoms with Crippen LogP contribution in [0.15, 0.2) is 10.7 Å². The monoisotopic (exact) mass is 313 g/mol. The number of hydrogen-bond acceptors (Lipinski definition) is 4. The second-order valence-corrected chi connectivity index (χ2v) is 6.39. The van der Waals surface area contributed by atoms with Gasteiger partial charge in [-0.1, -0.05) is 13.8 Å². The van der Waals surface area contributed by atoms with E-state index in [4.69, 9.17) is 4.74 Å². The zero-order valence-corrected chi connectivity index (χ0v) is 12.8. The maximum atomic E-state index is 5.22. The SMILES string of the molecule is COc1nc(N2CCCC(C)(C)CC2)ncc1Br. The maximum Gasteiger partial charge on any atom is 0.232 e. The molecule has 1 saturated heterocycles. The van der Waals surface area contributed by atoms with E-state index in [2.05, 4.69) is 44.6 Å². The van der Waals surface area contributed by atoms with Crippen molar-refractivity contribution in [1.29, 1.82) is 0 Å². The van der Waals surface area contributed by atoms with Crippen LogP contribution in [0.3, 0.4) is 0 Å². The van der Waals surface area contributed by atoms with Crippen LogP contribution in [-0.2, 0) is 0 Å². The molecular formula is C13H20BrN3O. The quantitative estimate of drug-likeness (QED) is 0.840. The topological polar surface area (TPSA) is 38.2 Å². The molecule has 0 atom stereocenters. The highest BCUT2D eigenvalue weighted by molar-refractivity contribution is 9.10. The van der Waals surface area contributed by atoms with Crippen LogP contribution < -0.4 is 9.64 Å². The van der Waals surface area contributed by atoms with Crippen LogP contribution in [0.5, 0.6) is 5.88 Å². The van der Waals surface area contributed by atoms with E-state index in [0.29, 0.717) is 11.3 Å². The number of hydrogen-bond donors (Lipinski definition) is 0. The summed E-state index contributed by atoms with van der Waals surface area (Å²) in [6.07, 6.45) is 5.39. The van der Waals surface area contributed by atoms with Gasteiger partial charge in [0.25, 0.3) is 0 Å². The molecule has 2 rings (SSSR count). The van der Waals surface area contributed by atoms with Gasteiger partial charge in [0.2, 0.25) is 11.8 Å². The van der Waals surface area contributed by atoms with Crippen LogP contribution in [0.4, 0.5) is 5.95 Å². The number of ether oxygens (including phenoxy) is 1. The van der Waals surface area contributed by atoms with Gasteiger partial charge in [0.15, 0.2) is 0 Å². The molecule has 100 valence electrons. The van der Waals surface area contributed by atoms with Crippen LogP contribution in [0.25, 0.3) is 0 Å². The summed E-state index contributed by atoms with van der Waals surface area (Å²) in [7, 11) is 1.63. The molecule has 1 aromatic rings. The summed E-state index contributed by atoms with van der Waals surface area (Å²) in [6.45, 7) is 6.70. The normalized spacial score (nSPS) is 19.4. The van der Waals surface area contributed by atoms with E-state index in [1.54, 1.807) is 13.3 Å². The minimum atomic E-state index is 0.425. The molecule has 1 aliphatic heterocycles. The lowest BCUT2D eigenvalue weighted by molar-refractivity contribution is 0.325. The van der Waals surface area contributed by atoms with Crippen molar-refractivity contribution in [3.63, 3.8) is 0 Å². The highest BCUT2D eigenvalue weighted by atomic mass is 79.9. The lowest BCUT2D eigenvalue weighted by Crippen LogP contribution is -2.27. The fourth-order valence-corrected chi connectivity index (χ4v) is 2.61. The Morgan fingerprint density at radius 1 is 1.33 bits per heavy atom. The number of methoxy groups -OCH3 is 1. The fourth-order valence-electron chi connectivity index (χ4n) is 2.26. The molecule has 0 aromatic carbocycles. The molecule has 0 radical (unpaired) electrons. The lowest BCUT2D eigenvalue weighted by Gasteiger charge is -2.23. The Hall–Kier alpha value is -0.840. The molecule has 0 N–H and O–H groups in total. The molecule has 0 spiro atoms. The van der Waals surface area contributed by atoms with Gasteiger partial charge >= 0.3 is 0 Å². The van der Waals surface area contributed by atoms with Crippen molar-refractivity contribution < 1.29 is 4.74 Å². The van der Waals surface area contributed by atoms with Crippen molar-refractivity contribution >= 4 is 21.9 Å². The number of anilines is 1. The Bertz CT molecular complexity index is 423. The molecule has 1 fully saturated rings. The summed E-state index contributed by atoms with van der Waals surface area (Å²) in [5, 5.41) is 0. The minimum absolute atomic E-state index is 0.425. The van der Waals surface area contributed by atoms with Gasteiger partial charge in [-0.05, 0) is 40.6 Å². The third-order valence-corrected chi connectivity index (χ3v) is 4.06. The molecule has 1 aromatic heterocycles. The Kier molecular flexibility index (Phi) is 4.10. The van der Waals surface area contributed by atoms with Crippen molar-refractivity contribution in [2.24, 2.45) is 5.41 Å². The largest absolute Gasteiger partial charge is 0.480 e. The van der Waals surface area contributed by atoms with E-state index in [-0.39, 0.29) is 0 Å². The predicted molar refractivity (Wildman–Crippen MR) is 76.1 cm³/mol. The van der Waals surface area contributed by atoms with Crippen molar-refractivity contribution in [2.45, 2.75) is 33.1 Å². The van der Waals surface area contributed by atoms with Gasteiger partial charge in [-0.2, -0.15) is 4.98 Å². The average Bonchev–Trinajstić information content (AvgIpc) is 2.51. The molecule has 0 saturated carbocycles. The van der Waals surface area contributed by atoms with Gasteiger partial charge < -0.3 is 9.64 Å². The van der Waals surface area contributed by atoms with Crippen LogP contribution >= 0.6 is 15.9 Å². The first kappa shape index (κ1) is 13.6. The minimum Gasteiger partial charge on any atom is -0.480 e. The Balaban J connectivity index is 2.16. The second-order valence-electron chi connectivity index (χ2n) is 5.53. The first-order chi connectivity index (χ1) is 8.52. The molecule has 4 nitrogen and oxygen atoms in total. The third kappa shape index (κ3) is 3.13. The number of aromatic nitrogens is 2. The molecule has 0 unspecified atom stereocenters. The van der Waals surface area contributed by atoms with Crippen LogP contribution in [0.1, 0.15) is 33.1 Å². The Morgan fingerprint density at radius 2 is 2.11 bits per heavy atom. The highest BCUT2D eigenvalue weighted by Gasteiger charge is 2.24. The molecule has 2 heterocycles. The third-order valence-electron chi connectivity index (χ3n) is 3.52. The van der Waals surface area contributed by atoms with E-state index in [0.717, 1.165) is 23.5 Å². The van der Waals surface area contributed by atoms with E-state index < -0.39 is 0 Å². The second kappa shape index (κ2) is 5.43.